The number of nitrogens with one attached hydrogen (secondary N) is 2. The first-order valence-electron chi connectivity index (χ1n) is 13.7. The van der Waals surface area contributed by atoms with E-state index >= 15 is 0 Å². The van der Waals surface area contributed by atoms with E-state index in [0.717, 1.165) is 5.56 Å². The third kappa shape index (κ3) is 8.39. The van der Waals surface area contributed by atoms with Crippen molar-refractivity contribution in [2.24, 2.45) is 0 Å². The van der Waals surface area contributed by atoms with E-state index in [9.17, 15) is 16.8 Å². The maximum Gasteiger partial charge on any atom is 0.280 e. The molecule has 13 nitrogen and oxygen atoms in total. The highest BCUT2D eigenvalue weighted by Gasteiger charge is 2.26. The molecule has 0 fully saturated rings. The molecule has 0 radical (unpaired) electrons. The van der Waals surface area contributed by atoms with Crippen LogP contribution < -0.4 is 23.7 Å². The van der Waals surface area contributed by atoms with Crippen molar-refractivity contribution in [1.82, 2.24) is 24.7 Å². The van der Waals surface area contributed by atoms with Crippen molar-refractivity contribution in [2.45, 2.75) is 38.1 Å². The number of rotatable bonds is 15. The molecular formula is C29H34N6O7S2. The molecular weight excluding hydrogens is 608 g/mol. The van der Waals surface area contributed by atoms with Gasteiger partial charge in [0.05, 0.1) is 12.9 Å². The number of sulfonamides is 2. The molecule has 0 spiro atoms. The zero-order chi connectivity index (χ0) is 31.7. The van der Waals surface area contributed by atoms with Crippen molar-refractivity contribution in [3.8, 4) is 34.5 Å². The van der Waals surface area contributed by atoms with Crippen molar-refractivity contribution in [1.29, 1.82) is 0 Å². The van der Waals surface area contributed by atoms with E-state index in [1.807, 2.05) is 13.8 Å². The molecule has 0 atom stereocenters. The van der Waals surface area contributed by atoms with E-state index in [1.54, 1.807) is 49.4 Å². The lowest BCUT2D eigenvalue weighted by Crippen LogP contribution is -2.30. The zero-order valence-electron chi connectivity index (χ0n) is 24.7. The number of anilines is 1. The SMILES string of the molecule is CCCS(=O)(=O)NCCOc1nc(-c2ccncc2)nc(NS(=O)(=O)c2ccc(C(C)C)cn2)c1Oc1ccccc1OC. The smallest absolute Gasteiger partial charge is 0.280 e. The number of ether oxygens (including phenoxy) is 3. The van der Waals surface area contributed by atoms with Crippen LogP contribution in [0.2, 0.25) is 0 Å². The topological polar surface area (TPSA) is 172 Å². The fourth-order valence-corrected chi connectivity index (χ4v) is 5.90. The highest BCUT2D eigenvalue weighted by molar-refractivity contribution is 7.92. The van der Waals surface area contributed by atoms with Crippen LogP contribution in [0.15, 0.2) is 72.1 Å². The molecule has 0 aliphatic heterocycles. The molecule has 3 heterocycles. The molecule has 1 aromatic carbocycles. The maximum atomic E-state index is 13.6. The quantitative estimate of drug-likeness (QED) is 0.176. The van der Waals surface area contributed by atoms with Crippen LogP contribution in [-0.4, -0.2) is 62.8 Å². The van der Waals surface area contributed by atoms with Gasteiger partial charge in [0.1, 0.15) is 6.61 Å². The van der Waals surface area contributed by atoms with Gasteiger partial charge in [-0.05, 0) is 48.2 Å². The summed E-state index contributed by atoms with van der Waals surface area (Å²) in [6, 6.07) is 13.1. The summed E-state index contributed by atoms with van der Waals surface area (Å²) in [7, 11) is -6.31. The van der Waals surface area contributed by atoms with Crippen molar-refractivity contribution in [3.05, 3.63) is 72.7 Å². The average molecular weight is 643 g/mol. The second kappa shape index (κ2) is 14.4. The van der Waals surface area contributed by atoms with Crippen LogP contribution in [0.3, 0.4) is 0 Å². The van der Waals surface area contributed by atoms with Gasteiger partial charge < -0.3 is 14.2 Å². The fourth-order valence-electron chi connectivity index (χ4n) is 3.89. The van der Waals surface area contributed by atoms with Gasteiger partial charge in [0, 0.05) is 30.7 Å². The zero-order valence-corrected chi connectivity index (χ0v) is 26.4. The lowest BCUT2D eigenvalue weighted by atomic mass is 10.1. The molecule has 0 saturated heterocycles. The minimum atomic E-state index is -4.28. The van der Waals surface area contributed by atoms with Gasteiger partial charge >= 0.3 is 0 Å². The van der Waals surface area contributed by atoms with Crippen LogP contribution in [0.1, 0.15) is 38.7 Å². The van der Waals surface area contributed by atoms with Crippen LogP contribution in [-0.2, 0) is 20.0 Å². The Morgan fingerprint density at radius 1 is 0.932 bits per heavy atom. The summed E-state index contributed by atoms with van der Waals surface area (Å²) in [6.45, 7) is 5.49. The molecule has 0 aliphatic carbocycles. The Hall–Kier alpha value is -4.34. The standard InChI is InChI=1S/C29H34N6O7S2/c1-5-18-43(36,37)32-16-17-41-29-26(42-24-9-7-6-8-23(24)40-4)28(33-27(34-29)21-12-14-30-15-13-21)35-44(38,39)25-11-10-22(19-31-25)20(2)3/h6-15,19-20,32H,5,16-18H2,1-4H3,(H,33,34,35). The van der Waals surface area contributed by atoms with Gasteiger partial charge in [0.25, 0.3) is 15.9 Å². The molecule has 4 rings (SSSR count). The third-order valence-electron chi connectivity index (χ3n) is 6.12. The van der Waals surface area contributed by atoms with Crippen LogP contribution in [0.4, 0.5) is 5.82 Å². The summed E-state index contributed by atoms with van der Waals surface area (Å²) >= 11 is 0. The second-order valence-electron chi connectivity index (χ2n) is 9.77. The molecule has 0 bridgehead atoms. The highest BCUT2D eigenvalue weighted by Crippen LogP contribution is 2.41. The largest absolute Gasteiger partial charge is 0.493 e. The fraction of sp³-hybridized carbons (Fsp3) is 0.310. The van der Waals surface area contributed by atoms with Gasteiger partial charge in [-0.1, -0.05) is 39.0 Å². The van der Waals surface area contributed by atoms with Crippen molar-refractivity contribution >= 4 is 25.9 Å². The molecule has 0 amide bonds. The molecule has 44 heavy (non-hydrogen) atoms. The van der Waals surface area contributed by atoms with Crippen molar-refractivity contribution in [3.63, 3.8) is 0 Å². The van der Waals surface area contributed by atoms with Gasteiger partial charge in [-0.25, -0.2) is 23.1 Å². The van der Waals surface area contributed by atoms with Gasteiger partial charge in [-0.15, -0.1) is 0 Å². The molecule has 2 N–H and O–H groups in total. The average Bonchev–Trinajstić information content (AvgIpc) is 3.01. The monoisotopic (exact) mass is 642 g/mol. The number of methoxy groups -OCH3 is 1. The number of pyridine rings is 2. The van der Waals surface area contributed by atoms with Crippen LogP contribution >= 0.6 is 0 Å². The van der Waals surface area contributed by atoms with E-state index in [-0.39, 0.29) is 58.9 Å². The lowest BCUT2D eigenvalue weighted by molar-refractivity contribution is 0.292. The van der Waals surface area contributed by atoms with Crippen molar-refractivity contribution < 1.29 is 31.0 Å². The Morgan fingerprint density at radius 3 is 2.30 bits per heavy atom. The Kier molecular flexibility index (Phi) is 10.7. The number of benzene rings is 1. The highest BCUT2D eigenvalue weighted by atomic mass is 32.2. The van der Waals surface area contributed by atoms with E-state index < -0.39 is 20.0 Å². The molecule has 234 valence electrons. The summed E-state index contributed by atoms with van der Waals surface area (Å²) in [4.78, 5) is 17.2. The first kappa shape index (κ1) is 32.6. The minimum Gasteiger partial charge on any atom is -0.493 e. The minimum absolute atomic E-state index is 0.0348. The third-order valence-corrected chi connectivity index (χ3v) is 8.97. The summed E-state index contributed by atoms with van der Waals surface area (Å²) in [5.74, 6) is 0.235. The van der Waals surface area contributed by atoms with E-state index in [4.69, 9.17) is 14.2 Å². The second-order valence-corrected chi connectivity index (χ2v) is 13.3. The molecule has 0 saturated carbocycles. The van der Waals surface area contributed by atoms with E-state index in [1.165, 1.54) is 31.8 Å². The summed E-state index contributed by atoms with van der Waals surface area (Å²) in [6.07, 6.45) is 5.02. The van der Waals surface area contributed by atoms with Crippen LogP contribution in [0.5, 0.6) is 23.1 Å². The molecule has 3 aromatic heterocycles. The molecule has 0 unspecified atom stereocenters. The van der Waals surface area contributed by atoms with Gasteiger partial charge in [-0.3, -0.25) is 9.71 Å². The van der Waals surface area contributed by atoms with E-state index in [2.05, 4.69) is 29.4 Å². The molecule has 4 aromatic rings. The maximum absolute atomic E-state index is 13.6. The first-order valence-corrected chi connectivity index (χ1v) is 16.9. The Morgan fingerprint density at radius 2 is 1.66 bits per heavy atom. The van der Waals surface area contributed by atoms with Gasteiger partial charge in [0.2, 0.25) is 15.8 Å². The Bertz CT molecular complexity index is 1770. The summed E-state index contributed by atoms with van der Waals surface area (Å²) in [5.41, 5.74) is 1.38. The number of hydrogen-bond acceptors (Lipinski definition) is 11. The molecule has 0 aliphatic rings. The van der Waals surface area contributed by atoms with Gasteiger partial charge in [0.15, 0.2) is 28.2 Å². The first-order chi connectivity index (χ1) is 21.0. The number of aromatic nitrogens is 4. The van der Waals surface area contributed by atoms with E-state index in [0.29, 0.717) is 17.7 Å². The number of hydrogen-bond donors (Lipinski definition) is 2. The van der Waals surface area contributed by atoms with Crippen LogP contribution in [0, 0.1) is 0 Å². The summed E-state index contributed by atoms with van der Waals surface area (Å²) < 4.78 is 73.8. The van der Waals surface area contributed by atoms with Gasteiger partial charge in [-0.2, -0.15) is 13.4 Å². The predicted octanol–water partition coefficient (Wildman–Crippen LogP) is 4.37. The lowest BCUT2D eigenvalue weighted by Gasteiger charge is -2.18. The van der Waals surface area contributed by atoms with Crippen LogP contribution in [0.25, 0.3) is 11.4 Å². The normalized spacial score (nSPS) is 11.8. The Balaban J connectivity index is 1.80. The number of nitrogens with zero attached hydrogens (tertiary/aromatic N) is 4. The predicted molar refractivity (Wildman–Crippen MR) is 165 cm³/mol. The van der Waals surface area contributed by atoms with Crippen molar-refractivity contribution in [2.75, 3.05) is 30.7 Å². The number of para-hydroxylation sites is 2. The molecule has 15 heteroatoms. The Labute approximate surface area is 257 Å². The summed E-state index contributed by atoms with van der Waals surface area (Å²) in [5, 5.41) is -0.234.